The van der Waals surface area contributed by atoms with E-state index >= 15 is 0 Å². The Labute approximate surface area is 225 Å². The number of aromatic nitrogens is 1. The van der Waals surface area contributed by atoms with Crippen molar-refractivity contribution in [2.24, 2.45) is 5.16 Å². The molecule has 0 saturated carbocycles. The zero-order chi connectivity index (χ0) is 24.8. The van der Waals surface area contributed by atoms with E-state index in [1.165, 1.54) is 5.38 Å². The number of nitrogens with one attached hydrogen (secondary N) is 2. The van der Waals surface area contributed by atoms with Crippen molar-refractivity contribution in [1.29, 1.82) is 0 Å². The molecule has 0 radical (unpaired) electrons. The predicted molar refractivity (Wildman–Crippen MR) is 113 cm³/mol. The fourth-order valence-electron chi connectivity index (χ4n) is 2.53. The van der Waals surface area contributed by atoms with E-state index < -0.39 is 51.8 Å². The van der Waals surface area contributed by atoms with Gasteiger partial charge >= 0.3 is 35.5 Å². The van der Waals surface area contributed by atoms with Gasteiger partial charge in [-0.3, -0.25) is 14.4 Å². The van der Waals surface area contributed by atoms with Gasteiger partial charge in [0.05, 0.1) is 7.11 Å². The summed E-state index contributed by atoms with van der Waals surface area (Å²) in [6.07, 6.45) is 1.40. The van der Waals surface area contributed by atoms with Gasteiger partial charge in [-0.2, -0.15) is 0 Å². The van der Waals surface area contributed by atoms with Crippen molar-refractivity contribution >= 4 is 67.8 Å². The summed E-state index contributed by atoms with van der Waals surface area (Å²) in [6, 6.07) is -3.59. The molecule has 1 aliphatic heterocycles. The van der Waals surface area contributed by atoms with Crippen molar-refractivity contribution in [3.63, 3.8) is 0 Å². The summed E-state index contributed by atoms with van der Waals surface area (Å²) in [5.41, 5.74) is -0.470. The molecule has 2 rings (SSSR count). The number of unbranched alkanes of at least 4 members (excludes halogenated alkanes) is 1. The molecule has 2 heterocycles. The number of nitrogens with zero attached hydrogens (tertiary/aromatic N) is 3. The average molecular weight is 548 g/mol. The van der Waals surface area contributed by atoms with E-state index in [0.717, 1.165) is 24.9 Å². The molecule has 0 aliphatic carbocycles. The Morgan fingerprint density at radius 3 is 2.62 bits per heavy atom. The van der Waals surface area contributed by atoms with Crippen LogP contribution in [0.3, 0.4) is 0 Å². The van der Waals surface area contributed by atoms with Crippen LogP contribution in [0, 0.1) is 0 Å². The van der Waals surface area contributed by atoms with Crippen LogP contribution in [-0.4, -0.2) is 83.3 Å². The van der Waals surface area contributed by atoms with Crippen LogP contribution in [0.1, 0.15) is 25.5 Å². The molecule has 0 unspecified atom stereocenters. The first kappa shape index (κ1) is 30.2. The Balaban J connectivity index is 0.00000578. The van der Waals surface area contributed by atoms with Crippen LogP contribution in [0.5, 0.6) is 0 Å². The van der Waals surface area contributed by atoms with Gasteiger partial charge in [-0.15, -0.1) is 22.9 Å². The van der Waals surface area contributed by atoms with Gasteiger partial charge in [0.15, 0.2) is 27.2 Å². The van der Waals surface area contributed by atoms with Crippen LogP contribution in [0.25, 0.3) is 0 Å². The molecule has 1 fully saturated rings. The number of ether oxygens (including phenoxy) is 1. The van der Waals surface area contributed by atoms with Gasteiger partial charge in [0, 0.05) is 5.38 Å². The van der Waals surface area contributed by atoms with Crippen LogP contribution in [0.2, 0.25) is 0 Å². The minimum absolute atomic E-state index is 0. The van der Waals surface area contributed by atoms with E-state index in [1.807, 2.05) is 6.92 Å². The largest absolute Gasteiger partial charge is 1.00 e. The smallest absolute Gasteiger partial charge is 0.731 e. The molecular weight excluding hydrogens is 529 g/mol. The number of alkyl halides is 1. The number of β-lactam (4-membered cyclic amide) rings is 1. The van der Waals surface area contributed by atoms with Crippen LogP contribution in [0.15, 0.2) is 10.5 Å². The number of rotatable bonds is 11. The van der Waals surface area contributed by atoms with E-state index in [2.05, 4.69) is 25.5 Å². The van der Waals surface area contributed by atoms with Crippen LogP contribution in [0.4, 0.5) is 5.13 Å². The van der Waals surface area contributed by atoms with E-state index in [1.54, 1.807) is 0 Å². The van der Waals surface area contributed by atoms with Crippen molar-refractivity contribution in [2.45, 2.75) is 31.8 Å². The molecule has 3 amide bonds. The number of oxime groups is 1. The molecule has 34 heavy (non-hydrogen) atoms. The number of carbonyl (C=O) groups excluding carboxylic acids is 4. The Bertz CT molecular complexity index is 1070. The van der Waals surface area contributed by atoms with Crippen molar-refractivity contribution in [2.75, 3.05) is 24.9 Å². The third-order valence-electron chi connectivity index (χ3n) is 4.10. The van der Waals surface area contributed by atoms with E-state index in [-0.39, 0.29) is 57.2 Å². The second kappa shape index (κ2) is 13.3. The number of amides is 3. The molecule has 1 aliphatic rings. The molecular formula is C16H19ClN5NaO9S2. The van der Waals surface area contributed by atoms with Crippen LogP contribution >= 0.6 is 22.9 Å². The molecule has 0 bridgehead atoms. The van der Waals surface area contributed by atoms with Crippen molar-refractivity contribution < 1.29 is 71.3 Å². The molecule has 0 spiro atoms. The van der Waals surface area contributed by atoms with E-state index in [4.69, 9.17) is 16.4 Å². The van der Waals surface area contributed by atoms with Gasteiger partial charge in [-0.05, 0) is 6.42 Å². The number of hydrogen-bond donors (Lipinski definition) is 2. The van der Waals surface area contributed by atoms with Gasteiger partial charge in [0.1, 0.15) is 24.2 Å². The van der Waals surface area contributed by atoms with E-state index in [9.17, 15) is 32.1 Å². The maximum atomic E-state index is 12.8. The Hall–Kier alpha value is -1.82. The molecule has 18 heteroatoms. The molecule has 1 saturated heterocycles. The SMILES string of the molecule is CCCCON=C(C(=O)N[C@H]1C(=O)N(S(=O)(=O)[O-])[C@H]1C(=O)OC)c1csc(NC(=O)CCl)n1.[Na+]. The molecule has 2 atom stereocenters. The van der Waals surface area contributed by atoms with Gasteiger partial charge in [-0.1, -0.05) is 18.5 Å². The first-order chi connectivity index (χ1) is 15.5. The molecule has 1 aromatic rings. The second-order valence-corrected chi connectivity index (χ2v) is 8.73. The number of thiazole rings is 1. The van der Waals surface area contributed by atoms with Crippen molar-refractivity contribution in [1.82, 2.24) is 14.6 Å². The summed E-state index contributed by atoms with van der Waals surface area (Å²) < 4.78 is 38.1. The standard InChI is InChI=1S/C16H20ClN5O9S2.Na/c1-3-4-5-31-21-10(8-7-32-16(18-8)19-9(23)6-17)13(24)20-11-12(15(26)30-2)22(14(11)25)33(27,28)29;/h7,11-12H,3-6H2,1-2H3,(H,20,24)(H,18,19,23)(H,27,28,29);/q;+1/p-1/t11-,12-;/m1./s1. The first-order valence-electron chi connectivity index (χ1n) is 9.24. The van der Waals surface area contributed by atoms with Crippen LogP contribution in [-0.2, 0) is 39.1 Å². The summed E-state index contributed by atoms with van der Waals surface area (Å²) in [5, 5.41) is 9.72. The number of carbonyl (C=O) groups is 4. The van der Waals surface area contributed by atoms with Gasteiger partial charge < -0.3 is 24.8 Å². The maximum absolute atomic E-state index is 12.8. The number of esters is 1. The average Bonchev–Trinajstić information content (AvgIpc) is 3.21. The second-order valence-electron chi connectivity index (χ2n) is 6.36. The first-order valence-corrected chi connectivity index (χ1v) is 12.0. The van der Waals surface area contributed by atoms with Crippen molar-refractivity contribution in [3.05, 3.63) is 11.1 Å². The predicted octanol–water partition coefficient (Wildman–Crippen LogP) is -3.83. The fourth-order valence-corrected chi connectivity index (χ4v) is 4.13. The van der Waals surface area contributed by atoms with Gasteiger partial charge in [0.25, 0.3) is 11.8 Å². The van der Waals surface area contributed by atoms with Crippen molar-refractivity contribution in [3.8, 4) is 0 Å². The van der Waals surface area contributed by atoms with Gasteiger partial charge in [0.2, 0.25) is 5.91 Å². The van der Waals surface area contributed by atoms with Gasteiger partial charge in [-0.25, -0.2) is 22.5 Å². The summed E-state index contributed by atoms with van der Waals surface area (Å²) in [4.78, 5) is 57.5. The molecule has 0 aromatic carbocycles. The number of halogens is 1. The normalized spacial score (nSPS) is 17.8. The van der Waals surface area contributed by atoms with E-state index in [0.29, 0.717) is 6.42 Å². The molecule has 2 N–H and O–H groups in total. The molecule has 182 valence electrons. The summed E-state index contributed by atoms with van der Waals surface area (Å²) >= 11 is 6.37. The molecule has 1 aromatic heterocycles. The fraction of sp³-hybridized carbons (Fsp3) is 0.500. The Kier molecular flexibility index (Phi) is 11.8. The summed E-state index contributed by atoms with van der Waals surface area (Å²) in [7, 11) is -4.41. The Morgan fingerprint density at radius 2 is 2.06 bits per heavy atom. The van der Waals surface area contributed by atoms with Crippen LogP contribution < -0.4 is 40.2 Å². The zero-order valence-electron chi connectivity index (χ0n) is 18.3. The zero-order valence-corrected chi connectivity index (χ0v) is 22.7. The minimum Gasteiger partial charge on any atom is -0.731 e. The number of methoxy groups -OCH3 is 1. The third kappa shape index (κ3) is 7.34. The monoisotopic (exact) mass is 547 g/mol. The third-order valence-corrected chi connectivity index (χ3v) is 5.99. The Morgan fingerprint density at radius 1 is 1.38 bits per heavy atom. The summed E-state index contributed by atoms with van der Waals surface area (Å²) in [5.74, 6) is -4.47. The topological polar surface area (TPSA) is 196 Å². The number of anilines is 1. The molecule has 14 nitrogen and oxygen atoms in total. The quantitative estimate of drug-likeness (QED) is 0.0404. The maximum Gasteiger partial charge on any atom is 1.00 e. The number of hydrogen-bond acceptors (Lipinski definition) is 12. The summed E-state index contributed by atoms with van der Waals surface area (Å²) in [6.45, 7) is 2.06. The minimum atomic E-state index is -5.33.